The number of hydrogen-bond acceptors (Lipinski definition) is 5. The molecule has 0 radical (unpaired) electrons. The number of nitrogens with zero attached hydrogens (tertiary/aromatic N) is 2. The van der Waals surface area contributed by atoms with Crippen LogP contribution in [-0.2, 0) is 26.2 Å². The van der Waals surface area contributed by atoms with Crippen LogP contribution in [-0.4, -0.2) is 54.0 Å². The second kappa shape index (κ2) is 11.2. The molecule has 2 aromatic carbocycles. The Bertz CT molecular complexity index is 1210. The number of amides is 3. The molecule has 9 heteroatoms. The summed E-state index contributed by atoms with van der Waals surface area (Å²) < 4.78 is 26.5. The van der Waals surface area contributed by atoms with Crippen LogP contribution in [0.2, 0.25) is 0 Å². The summed E-state index contributed by atoms with van der Waals surface area (Å²) in [5.41, 5.74) is 1.06. The lowest BCUT2D eigenvalue weighted by Gasteiger charge is -2.31. The Hall–Kier alpha value is -3.20. The van der Waals surface area contributed by atoms with Crippen LogP contribution < -0.4 is 5.32 Å². The standard InChI is InChI=1S/C27H33N3O5S/c1-2-23(26(32)28-21-13-6-7-14-21)29(19-20-11-4-3-5-12-20)25(31)17-10-18-30-27(33)22-15-8-9-16-24(22)36(30,34)35/h3-5,8-9,11-12,15-16,21,23H,2,6-7,10,13-14,17-19H2,1H3,(H,28,32). The first-order chi connectivity index (χ1) is 17.3. The smallest absolute Gasteiger partial charge is 0.269 e. The topological polar surface area (TPSA) is 104 Å². The molecule has 1 atom stereocenters. The minimum Gasteiger partial charge on any atom is -0.352 e. The number of fused-ring (bicyclic) bond motifs is 1. The van der Waals surface area contributed by atoms with Gasteiger partial charge in [-0.3, -0.25) is 14.4 Å². The van der Waals surface area contributed by atoms with Gasteiger partial charge >= 0.3 is 0 Å². The second-order valence-corrected chi connectivity index (χ2v) is 11.2. The van der Waals surface area contributed by atoms with E-state index in [1.165, 1.54) is 12.1 Å². The summed E-state index contributed by atoms with van der Waals surface area (Å²) in [6.45, 7) is 2.07. The first-order valence-electron chi connectivity index (χ1n) is 12.6. The Morgan fingerprint density at radius 3 is 2.39 bits per heavy atom. The van der Waals surface area contributed by atoms with Gasteiger partial charge in [0.05, 0.1) is 5.56 Å². The molecule has 1 unspecified atom stereocenters. The number of rotatable bonds is 10. The van der Waals surface area contributed by atoms with E-state index >= 15 is 0 Å². The lowest BCUT2D eigenvalue weighted by molar-refractivity contribution is -0.141. The van der Waals surface area contributed by atoms with Crippen molar-refractivity contribution in [1.29, 1.82) is 0 Å². The summed E-state index contributed by atoms with van der Waals surface area (Å²) in [4.78, 5) is 40.8. The third kappa shape index (κ3) is 5.46. The van der Waals surface area contributed by atoms with Gasteiger partial charge in [-0.05, 0) is 43.4 Å². The number of nitrogens with one attached hydrogen (secondary N) is 1. The van der Waals surface area contributed by atoms with Gasteiger partial charge in [0.15, 0.2) is 0 Å². The minimum atomic E-state index is -3.92. The molecule has 36 heavy (non-hydrogen) atoms. The van der Waals surface area contributed by atoms with Crippen LogP contribution in [0.3, 0.4) is 0 Å². The number of hydrogen-bond donors (Lipinski definition) is 1. The molecule has 2 aromatic rings. The Balaban J connectivity index is 1.45. The first kappa shape index (κ1) is 25.9. The van der Waals surface area contributed by atoms with Crippen LogP contribution in [0.1, 0.15) is 67.8 Å². The predicted molar refractivity (Wildman–Crippen MR) is 135 cm³/mol. The average molecular weight is 512 g/mol. The van der Waals surface area contributed by atoms with Crippen LogP contribution in [0.4, 0.5) is 0 Å². The summed E-state index contributed by atoms with van der Waals surface area (Å²) in [6, 6.07) is 15.1. The molecule has 0 bridgehead atoms. The van der Waals surface area contributed by atoms with Gasteiger partial charge in [-0.2, -0.15) is 0 Å². The van der Waals surface area contributed by atoms with Crippen LogP contribution in [0.5, 0.6) is 0 Å². The fraction of sp³-hybridized carbons (Fsp3) is 0.444. The van der Waals surface area contributed by atoms with Crippen molar-refractivity contribution >= 4 is 27.7 Å². The molecule has 1 saturated carbocycles. The molecule has 0 aromatic heterocycles. The number of carbonyl (C=O) groups excluding carboxylic acids is 3. The third-order valence-electron chi connectivity index (χ3n) is 6.95. The van der Waals surface area contributed by atoms with Crippen LogP contribution in [0.15, 0.2) is 59.5 Å². The molecule has 2 aliphatic rings. The van der Waals surface area contributed by atoms with Crippen molar-refractivity contribution in [2.45, 2.75) is 75.4 Å². The zero-order valence-corrected chi connectivity index (χ0v) is 21.4. The highest BCUT2D eigenvalue weighted by Crippen LogP contribution is 2.30. The molecule has 1 aliphatic carbocycles. The van der Waals surface area contributed by atoms with Crippen molar-refractivity contribution in [2.24, 2.45) is 0 Å². The molecule has 0 saturated heterocycles. The van der Waals surface area contributed by atoms with E-state index in [1.807, 2.05) is 37.3 Å². The first-order valence-corrected chi connectivity index (χ1v) is 14.1. The normalized spacial score (nSPS) is 17.6. The fourth-order valence-electron chi connectivity index (χ4n) is 5.04. The van der Waals surface area contributed by atoms with Crippen LogP contribution >= 0.6 is 0 Å². The van der Waals surface area contributed by atoms with E-state index in [2.05, 4.69) is 5.32 Å². The maximum atomic E-state index is 13.4. The molecule has 1 aliphatic heterocycles. The van der Waals surface area contributed by atoms with Gasteiger partial charge in [0, 0.05) is 25.6 Å². The van der Waals surface area contributed by atoms with E-state index in [0.717, 1.165) is 35.6 Å². The Kier molecular flexibility index (Phi) is 8.08. The quantitative estimate of drug-likeness (QED) is 0.526. The Labute approximate surface area is 212 Å². The summed E-state index contributed by atoms with van der Waals surface area (Å²) in [5, 5.41) is 3.11. The molecule has 8 nitrogen and oxygen atoms in total. The van der Waals surface area contributed by atoms with E-state index in [-0.39, 0.29) is 54.2 Å². The van der Waals surface area contributed by atoms with E-state index in [9.17, 15) is 22.8 Å². The lowest BCUT2D eigenvalue weighted by atomic mass is 10.1. The van der Waals surface area contributed by atoms with Crippen LogP contribution in [0.25, 0.3) is 0 Å². The highest BCUT2D eigenvalue weighted by molar-refractivity contribution is 7.90. The van der Waals surface area contributed by atoms with Gasteiger partial charge in [-0.25, -0.2) is 12.7 Å². The maximum Gasteiger partial charge on any atom is 0.269 e. The number of benzene rings is 2. The van der Waals surface area contributed by atoms with Gasteiger partial charge in [-0.1, -0.05) is 62.2 Å². The number of sulfonamides is 1. The number of carbonyl (C=O) groups is 3. The van der Waals surface area contributed by atoms with E-state index in [4.69, 9.17) is 0 Å². The largest absolute Gasteiger partial charge is 0.352 e. The monoisotopic (exact) mass is 511 g/mol. The van der Waals surface area contributed by atoms with E-state index in [0.29, 0.717) is 6.42 Å². The van der Waals surface area contributed by atoms with Crippen molar-refractivity contribution in [2.75, 3.05) is 6.54 Å². The molecule has 1 fully saturated rings. The molecule has 1 N–H and O–H groups in total. The van der Waals surface area contributed by atoms with Gasteiger partial charge in [0.25, 0.3) is 15.9 Å². The highest BCUT2D eigenvalue weighted by Gasteiger charge is 2.40. The average Bonchev–Trinajstić information content (AvgIpc) is 3.45. The van der Waals surface area contributed by atoms with Gasteiger partial charge in [0.1, 0.15) is 10.9 Å². The summed E-state index contributed by atoms with van der Waals surface area (Å²) in [7, 11) is -3.92. The zero-order chi connectivity index (χ0) is 25.7. The zero-order valence-electron chi connectivity index (χ0n) is 20.6. The van der Waals surface area contributed by atoms with Gasteiger partial charge < -0.3 is 10.2 Å². The van der Waals surface area contributed by atoms with Crippen molar-refractivity contribution in [3.8, 4) is 0 Å². The molecule has 1 heterocycles. The van der Waals surface area contributed by atoms with E-state index < -0.39 is 22.0 Å². The van der Waals surface area contributed by atoms with Crippen molar-refractivity contribution in [3.63, 3.8) is 0 Å². The fourth-order valence-corrected chi connectivity index (χ4v) is 6.64. The Morgan fingerprint density at radius 1 is 1.06 bits per heavy atom. The van der Waals surface area contributed by atoms with Crippen molar-refractivity contribution < 1.29 is 22.8 Å². The molecular formula is C27H33N3O5S. The second-order valence-electron chi connectivity index (χ2n) is 9.40. The molecule has 0 spiro atoms. The van der Waals surface area contributed by atoms with E-state index in [1.54, 1.807) is 17.0 Å². The highest BCUT2D eigenvalue weighted by atomic mass is 32.2. The third-order valence-corrected chi connectivity index (χ3v) is 8.79. The summed E-state index contributed by atoms with van der Waals surface area (Å²) in [6.07, 6.45) is 4.75. The molecule has 3 amide bonds. The summed E-state index contributed by atoms with van der Waals surface area (Å²) >= 11 is 0. The van der Waals surface area contributed by atoms with Gasteiger partial charge in [-0.15, -0.1) is 0 Å². The minimum absolute atomic E-state index is 0.00154. The van der Waals surface area contributed by atoms with Crippen LogP contribution in [0, 0.1) is 0 Å². The molecule has 192 valence electrons. The predicted octanol–water partition coefficient (Wildman–Crippen LogP) is 3.48. The van der Waals surface area contributed by atoms with Crippen molar-refractivity contribution in [1.82, 2.24) is 14.5 Å². The molecular weight excluding hydrogens is 478 g/mol. The SMILES string of the molecule is CCC(C(=O)NC1CCCC1)N(Cc1ccccc1)C(=O)CCCN1C(=O)c2ccccc2S1(=O)=O. The van der Waals surface area contributed by atoms with Crippen molar-refractivity contribution in [3.05, 3.63) is 65.7 Å². The summed E-state index contributed by atoms with van der Waals surface area (Å²) in [5.74, 6) is -0.961. The van der Waals surface area contributed by atoms with Gasteiger partial charge in [0.2, 0.25) is 11.8 Å². The Morgan fingerprint density at radius 2 is 1.72 bits per heavy atom. The lowest BCUT2D eigenvalue weighted by Crippen LogP contribution is -2.51. The maximum absolute atomic E-state index is 13.4. The molecule has 4 rings (SSSR count).